The monoisotopic (exact) mass is 235 g/mol. The lowest BCUT2D eigenvalue weighted by Gasteiger charge is -2.24. The Labute approximate surface area is 100 Å². The fraction of sp³-hybridized carbons (Fsp3) is 0.500. The minimum Gasteiger partial charge on any atom is -0.389 e. The molecular formula is C12H17N3O2. The Hall–Kier alpha value is -1.62. The molecule has 1 aliphatic rings. The number of nitrogens with one attached hydrogen (secondary N) is 1. The molecule has 1 aromatic heterocycles. The summed E-state index contributed by atoms with van der Waals surface area (Å²) in [5.41, 5.74) is 0.807. The van der Waals surface area contributed by atoms with Crippen molar-refractivity contribution in [2.24, 2.45) is 0 Å². The summed E-state index contributed by atoms with van der Waals surface area (Å²) >= 11 is 0. The van der Waals surface area contributed by atoms with Crippen molar-refractivity contribution in [1.82, 2.24) is 10.3 Å². The molecule has 0 aliphatic carbocycles. The van der Waals surface area contributed by atoms with Crippen LogP contribution in [0.5, 0.6) is 0 Å². The minimum absolute atomic E-state index is 0.0713. The molecule has 1 amide bonds. The molecule has 2 rings (SSSR count). The molecule has 1 fully saturated rings. The van der Waals surface area contributed by atoms with Gasteiger partial charge in [-0.2, -0.15) is 0 Å². The fourth-order valence-corrected chi connectivity index (χ4v) is 1.98. The average molecular weight is 235 g/mol. The third kappa shape index (κ3) is 2.74. The van der Waals surface area contributed by atoms with Crippen molar-refractivity contribution in [2.75, 3.05) is 24.5 Å². The number of hydrogen-bond donors (Lipinski definition) is 2. The van der Waals surface area contributed by atoms with Crippen molar-refractivity contribution >= 4 is 11.7 Å². The number of aliphatic hydroxyl groups excluding tert-OH is 1. The number of amides is 1. The van der Waals surface area contributed by atoms with Crippen molar-refractivity contribution < 1.29 is 9.90 Å². The van der Waals surface area contributed by atoms with Gasteiger partial charge in [0.15, 0.2) is 0 Å². The Morgan fingerprint density at radius 2 is 2.35 bits per heavy atom. The summed E-state index contributed by atoms with van der Waals surface area (Å²) in [4.78, 5) is 17.6. The number of nitrogens with zero attached hydrogens (tertiary/aromatic N) is 2. The van der Waals surface area contributed by atoms with Crippen molar-refractivity contribution in [3.05, 3.63) is 23.9 Å². The van der Waals surface area contributed by atoms with Crippen LogP contribution in [0.1, 0.15) is 25.0 Å². The van der Waals surface area contributed by atoms with Crippen LogP contribution >= 0.6 is 0 Å². The SMILES string of the molecule is CC(O)c1cccnc1N1CCNC(=O)CC1. The molecule has 2 N–H and O–H groups in total. The van der Waals surface area contributed by atoms with Gasteiger partial charge in [0, 0.05) is 37.8 Å². The second-order valence-electron chi connectivity index (χ2n) is 4.18. The first kappa shape index (κ1) is 11.9. The summed E-state index contributed by atoms with van der Waals surface area (Å²) in [6, 6.07) is 3.68. The maximum absolute atomic E-state index is 11.3. The van der Waals surface area contributed by atoms with Gasteiger partial charge in [-0.25, -0.2) is 4.98 Å². The first-order chi connectivity index (χ1) is 8.18. The average Bonchev–Trinajstić information content (AvgIpc) is 2.54. The number of aromatic nitrogens is 1. The number of rotatable bonds is 2. The Kier molecular flexibility index (Phi) is 3.58. The van der Waals surface area contributed by atoms with Crippen molar-refractivity contribution in [1.29, 1.82) is 0 Å². The van der Waals surface area contributed by atoms with Gasteiger partial charge < -0.3 is 15.3 Å². The highest BCUT2D eigenvalue weighted by Crippen LogP contribution is 2.23. The predicted octanol–water partition coefficient (Wildman–Crippen LogP) is 0.461. The van der Waals surface area contributed by atoms with E-state index in [1.54, 1.807) is 13.1 Å². The molecule has 1 saturated heterocycles. The smallest absolute Gasteiger partial charge is 0.221 e. The Morgan fingerprint density at radius 3 is 3.12 bits per heavy atom. The molecule has 1 aliphatic heterocycles. The van der Waals surface area contributed by atoms with E-state index in [0.717, 1.165) is 17.9 Å². The molecule has 1 unspecified atom stereocenters. The number of aliphatic hydroxyl groups is 1. The highest BCUT2D eigenvalue weighted by Gasteiger charge is 2.18. The van der Waals surface area contributed by atoms with E-state index in [0.29, 0.717) is 19.5 Å². The number of pyridine rings is 1. The number of carbonyl (C=O) groups excluding carboxylic acids is 1. The molecule has 0 aromatic carbocycles. The van der Waals surface area contributed by atoms with Crippen LogP contribution in [0.4, 0.5) is 5.82 Å². The van der Waals surface area contributed by atoms with Gasteiger partial charge >= 0.3 is 0 Å². The first-order valence-corrected chi connectivity index (χ1v) is 5.83. The molecular weight excluding hydrogens is 218 g/mol. The summed E-state index contributed by atoms with van der Waals surface area (Å²) in [6.07, 6.45) is 1.63. The number of hydrogen-bond acceptors (Lipinski definition) is 4. The Balaban J connectivity index is 2.23. The molecule has 5 nitrogen and oxygen atoms in total. The van der Waals surface area contributed by atoms with E-state index in [4.69, 9.17) is 0 Å². The second-order valence-corrected chi connectivity index (χ2v) is 4.18. The molecule has 1 atom stereocenters. The lowest BCUT2D eigenvalue weighted by Crippen LogP contribution is -2.30. The molecule has 17 heavy (non-hydrogen) atoms. The van der Waals surface area contributed by atoms with Crippen LogP contribution in [0, 0.1) is 0 Å². The van der Waals surface area contributed by atoms with Crippen LogP contribution in [0.3, 0.4) is 0 Å². The van der Waals surface area contributed by atoms with E-state index in [9.17, 15) is 9.90 Å². The Bertz CT molecular complexity index is 406. The summed E-state index contributed by atoms with van der Waals surface area (Å²) < 4.78 is 0. The molecule has 0 saturated carbocycles. The lowest BCUT2D eigenvalue weighted by molar-refractivity contribution is -0.120. The number of anilines is 1. The molecule has 5 heteroatoms. The largest absolute Gasteiger partial charge is 0.389 e. The van der Waals surface area contributed by atoms with Crippen LogP contribution in [0.15, 0.2) is 18.3 Å². The number of carbonyl (C=O) groups is 1. The van der Waals surface area contributed by atoms with Gasteiger partial charge in [-0.05, 0) is 13.0 Å². The van der Waals surface area contributed by atoms with Crippen LogP contribution < -0.4 is 10.2 Å². The summed E-state index contributed by atoms with van der Waals surface area (Å²) in [5, 5.41) is 12.5. The molecule has 0 spiro atoms. The van der Waals surface area contributed by atoms with Gasteiger partial charge in [0.05, 0.1) is 6.10 Å². The standard InChI is InChI=1S/C12H17N3O2/c1-9(16)10-3-2-5-14-12(10)15-7-4-11(17)13-6-8-15/h2-3,5,9,16H,4,6-8H2,1H3,(H,13,17). The Morgan fingerprint density at radius 1 is 1.53 bits per heavy atom. The minimum atomic E-state index is -0.550. The lowest BCUT2D eigenvalue weighted by atomic mass is 10.1. The highest BCUT2D eigenvalue weighted by molar-refractivity contribution is 5.77. The van der Waals surface area contributed by atoms with E-state index in [-0.39, 0.29) is 5.91 Å². The predicted molar refractivity (Wildman–Crippen MR) is 64.7 cm³/mol. The van der Waals surface area contributed by atoms with Gasteiger partial charge in [0.1, 0.15) is 5.82 Å². The topological polar surface area (TPSA) is 65.5 Å². The zero-order valence-electron chi connectivity index (χ0n) is 9.89. The molecule has 2 heterocycles. The van der Waals surface area contributed by atoms with Crippen LogP contribution in [-0.4, -0.2) is 35.6 Å². The van der Waals surface area contributed by atoms with Gasteiger partial charge in [0.25, 0.3) is 0 Å². The summed E-state index contributed by atoms with van der Waals surface area (Å²) in [7, 11) is 0. The fourth-order valence-electron chi connectivity index (χ4n) is 1.98. The third-order valence-electron chi connectivity index (χ3n) is 2.88. The van der Waals surface area contributed by atoms with E-state index in [1.807, 2.05) is 17.0 Å². The first-order valence-electron chi connectivity index (χ1n) is 5.83. The summed E-state index contributed by atoms with van der Waals surface area (Å²) in [5.74, 6) is 0.848. The van der Waals surface area contributed by atoms with Crippen molar-refractivity contribution in [3.63, 3.8) is 0 Å². The van der Waals surface area contributed by atoms with Crippen molar-refractivity contribution in [2.45, 2.75) is 19.4 Å². The van der Waals surface area contributed by atoms with E-state index >= 15 is 0 Å². The maximum atomic E-state index is 11.3. The summed E-state index contributed by atoms with van der Waals surface area (Å²) in [6.45, 7) is 3.71. The van der Waals surface area contributed by atoms with Crippen LogP contribution in [-0.2, 0) is 4.79 Å². The van der Waals surface area contributed by atoms with Gasteiger partial charge in [-0.15, -0.1) is 0 Å². The highest BCUT2D eigenvalue weighted by atomic mass is 16.3. The zero-order valence-corrected chi connectivity index (χ0v) is 9.89. The van der Waals surface area contributed by atoms with E-state index in [1.165, 1.54) is 0 Å². The van der Waals surface area contributed by atoms with Crippen LogP contribution in [0.2, 0.25) is 0 Å². The quantitative estimate of drug-likeness (QED) is 0.781. The maximum Gasteiger partial charge on any atom is 0.221 e. The molecule has 0 radical (unpaired) electrons. The van der Waals surface area contributed by atoms with Crippen LogP contribution in [0.25, 0.3) is 0 Å². The van der Waals surface area contributed by atoms with Gasteiger partial charge in [0.2, 0.25) is 5.91 Å². The molecule has 0 bridgehead atoms. The van der Waals surface area contributed by atoms with Gasteiger partial charge in [-0.3, -0.25) is 4.79 Å². The van der Waals surface area contributed by atoms with E-state index in [2.05, 4.69) is 10.3 Å². The third-order valence-corrected chi connectivity index (χ3v) is 2.88. The zero-order chi connectivity index (χ0) is 12.3. The second kappa shape index (κ2) is 5.14. The van der Waals surface area contributed by atoms with Gasteiger partial charge in [-0.1, -0.05) is 6.07 Å². The van der Waals surface area contributed by atoms with E-state index < -0.39 is 6.10 Å². The normalized spacial score (nSPS) is 18.5. The van der Waals surface area contributed by atoms with Crippen molar-refractivity contribution in [3.8, 4) is 0 Å². The molecule has 1 aromatic rings. The molecule has 92 valence electrons.